The molecule has 2 aliphatic heterocycles. The molecule has 0 spiro atoms. The van der Waals surface area contributed by atoms with Gasteiger partial charge in [-0.15, -0.1) is 0 Å². The van der Waals surface area contributed by atoms with Crippen molar-refractivity contribution in [1.82, 2.24) is 0 Å². The Kier molecular flexibility index (Phi) is 8.02. The molecule has 1 fully saturated rings. The predicted octanol–water partition coefficient (Wildman–Crippen LogP) is 7.65. The molecule has 3 aromatic carbocycles. The average Bonchev–Trinajstić information content (AvgIpc) is 3.56. The molecule has 0 aromatic heterocycles. The van der Waals surface area contributed by atoms with Crippen LogP contribution in [0.25, 0.3) is 11.1 Å². The van der Waals surface area contributed by atoms with E-state index in [1.807, 2.05) is 38.1 Å². The van der Waals surface area contributed by atoms with E-state index in [1.54, 1.807) is 12.1 Å². The minimum Gasteiger partial charge on any atom is -0.492 e. The standard InChI is InChI=1S/C34H35F3O6/c1-19-14-24(42-22-10-12-40-13-11-22)15-20(2)32(19)33-27-7-9-29(26(27)6-8-28(33)34(35,36)37)43-23-4-5-25-21(16-31(38)39-3)18-41-30(25)17-23/h4-6,8,14-15,17,21-22,29H,7,9-13,16,18H2,1-3H3/t21?,29-/m1/s1. The zero-order valence-corrected chi connectivity index (χ0v) is 24.5. The van der Waals surface area contributed by atoms with Crippen molar-refractivity contribution in [3.8, 4) is 28.4 Å². The van der Waals surface area contributed by atoms with E-state index in [-0.39, 0.29) is 30.0 Å². The number of alkyl halides is 3. The van der Waals surface area contributed by atoms with E-state index >= 15 is 0 Å². The van der Waals surface area contributed by atoms with Crippen LogP contribution in [0.5, 0.6) is 17.2 Å². The van der Waals surface area contributed by atoms with Crippen molar-refractivity contribution in [2.45, 2.75) is 70.3 Å². The van der Waals surface area contributed by atoms with Crippen LogP contribution < -0.4 is 14.2 Å². The first-order chi connectivity index (χ1) is 20.6. The van der Waals surface area contributed by atoms with Gasteiger partial charge in [-0.05, 0) is 84.3 Å². The second kappa shape index (κ2) is 11.8. The van der Waals surface area contributed by atoms with Crippen LogP contribution in [0, 0.1) is 13.8 Å². The first-order valence-electron chi connectivity index (χ1n) is 14.7. The van der Waals surface area contributed by atoms with Crippen LogP contribution in [0.4, 0.5) is 13.2 Å². The van der Waals surface area contributed by atoms with E-state index in [9.17, 15) is 18.0 Å². The van der Waals surface area contributed by atoms with Gasteiger partial charge in [0.2, 0.25) is 0 Å². The molecule has 0 amide bonds. The van der Waals surface area contributed by atoms with Gasteiger partial charge in [-0.1, -0.05) is 12.1 Å². The number of hydrogen-bond acceptors (Lipinski definition) is 6. The summed E-state index contributed by atoms with van der Waals surface area (Å²) in [6, 6.07) is 11.9. The Balaban J connectivity index is 1.31. The van der Waals surface area contributed by atoms with Crippen LogP contribution in [-0.4, -0.2) is 39.0 Å². The molecule has 6 rings (SSSR count). The second-order valence-electron chi connectivity index (χ2n) is 11.5. The topological polar surface area (TPSA) is 63.2 Å². The van der Waals surface area contributed by atoms with Gasteiger partial charge < -0.3 is 23.7 Å². The maximum Gasteiger partial charge on any atom is 0.417 e. The molecular weight excluding hydrogens is 561 g/mol. The first-order valence-corrected chi connectivity index (χ1v) is 14.7. The van der Waals surface area contributed by atoms with Crippen molar-refractivity contribution in [3.63, 3.8) is 0 Å². The number of hydrogen-bond donors (Lipinski definition) is 0. The summed E-state index contributed by atoms with van der Waals surface area (Å²) in [5, 5.41) is 0. The number of methoxy groups -OCH3 is 1. The number of halogens is 3. The molecule has 0 saturated carbocycles. The smallest absolute Gasteiger partial charge is 0.417 e. The summed E-state index contributed by atoms with van der Waals surface area (Å²) in [4.78, 5) is 11.8. The van der Waals surface area contributed by atoms with Gasteiger partial charge in [0.1, 0.15) is 29.5 Å². The Morgan fingerprint density at radius 3 is 2.33 bits per heavy atom. The monoisotopic (exact) mass is 596 g/mol. The van der Waals surface area contributed by atoms with Crippen LogP contribution in [0.3, 0.4) is 0 Å². The van der Waals surface area contributed by atoms with Crippen molar-refractivity contribution < 1.29 is 41.7 Å². The maximum atomic E-state index is 14.4. The Hall–Kier alpha value is -3.72. The molecule has 3 aromatic rings. The molecule has 2 heterocycles. The number of rotatable bonds is 7. The number of fused-ring (bicyclic) bond motifs is 2. The normalized spacial score (nSPS) is 19.9. The van der Waals surface area contributed by atoms with E-state index in [0.29, 0.717) is 61.0 Å². The van der Waals surface area contributed by atoms with Gasteiger partial charge in [0, 0.05) is 30.4 Å². The molecule has 0 radical (unpaired) electrons. The number of benzene rings is 3. The quantitative estimate of drug-likeness (QED) is 0.261. The van der Waals surface area contributed by atoms with Gasteiger partial charge in [-0.25, -0.2) is 0 Å². The lowest BCUT2D eigenvalue weighted by Gasteiger charge is -2.25. The van der Waals surface area contributed by atoms with E-state index < -0.39 is 17.8 Å². The van der Waals surface area contributed by atoms with Gasteiger partial charge in [-0.2, -0.15) is 13.2 Å². The van der Waals surface area contributed by atoms with Gasteiger partial charge in [-0.3, -0.25) is 4.79 Å². The van der Waals surface area contributed by atoms with Gasteiger partial charge >= 0.3 is 12.1 Å². The molecule has 9 heteroatoms. The molecule has 2 atom stereocenters. The van der Waals surface area contributed by atoms with Crippen molar-refractivity contribution >= 4 is 5.97 Å². The Labute approximate surface area is 249 Å². The lowest BCUT2D eigenvalue weighted by atomic mass is 9.86. The van der Waals surface area contributed by atoms with E-state index in [2.05, 4.69) is 0 Å². The summed E-state index contributed by atoms with van der Waals surface area (Å²) in [5.41, 5.74) is 3.99. The Morgan fingerprint density at radius 2 is 1.63 bits per heavy atom. The summed E-state index contributed by atoms with van der Waals surface area (Å²) >= 11 is 0. The second-order valence-corrected chi connectivity index (χ2v) is 11.5. The van der Waals surface area contributed by atoms with Crippen LogP contribution >= 0.6 is 0 Å². The fourth-order valence-corrected chi connectivity index (χ4v) is 6.63. The highest BCUT2D eigenvalue weighted by Crippen LogP contribution is 2.49. The van der Waals surface area contributed by atoms with Crippen LogP contribution in [0.15, 0.2) is 42.5 Å². The van der Waals surface area contributed by atoms with E-state index in [1.165, 1.54) is 13.2 Å². The van der Waals surface area contributed by atoms with Crippen molar-refractivity contribution in [2.24, 2.45) is 0 Å². The SMILES string of the molecule is COC(=O)CC1COc2cc(O[C@@H]3CCc4c3ccc(C(F)(F)F)c4-c3c(C)cc(OC4CCOCC4)cc3C)ccc21. The zero-order chi connectivity index (χ0) is 30.3. The lowest BCUT2D eigenvalue weighted by Crippen LogP contribution is -2.25. The minimum atomic E-state index is -4.52. The summed E-state index contributed by atoms with van der Waals surface area (Å²) in [7, 11) is 1.36. The molecule has 0 bridgehead atoms. The highest BCUT2D eigenvalue weighted by atomic mass is 19.4. The molecular formula is C34H35F3O6. The van der Waals surface area contributed by atoms with Crippen molar-refractivity contribution in [1.29, 1.82) is 0 Å². The van der Waals surface area contributed by atoms with Crippen molar-refractivity contribution in [2.75, 3.05) is 26.9 Å². The van der Waals surface area contributed by atoms with Gasteiger partial charge in [0.25, 0.3) is 0 Å². The summed E-state index contributed by atoms with van der Waals surface area (Å²) < 4.78 is 71.9. The average molecular weight is 597 g/mol. The molecule has 1 aliphatic carbocycles. The van der Waals surface area contributed by atoms with Gasteiger partial charge in [0.05, 0.1) is 38.9 Å². The van der Waals surface area contributed by atoms with Crippen LogP contribution in [0.1, 0.15) is 71.1 Å². The third-order valence-corrected chi connectivity index (χ3v) is 8.67. The highest BCUT2D eigenvalue weighted by Gasteiger charge is 2.39. The van der Waals surface area contributed by atoms with E-state index in [0.717, 1.165) is 35.1 Å². The number of esters is 1. The van der Waals surface area contributed by atoms with Crippen LogP contribution in [0.2, 0.25) is 0 Å². The summed E-state index contributed by atoms with van der Waals surface area (Å²) in [6.45, 7) is 5.35. The molecule has 0 N–H and O–H groups in total. The predicted molar refractivity (Wildman–Crippen MR) is 154 cm³/mol. The molecule has 43 heavy (non-hydrogen) atoms. The zero-order valence-electron chi connectivity index (χ0n) is 24.5. The molecule has 1 unspecified atom stereocenters. The molecule has 228 valence electrons. The molecule has 3 aliphatic rings. The highest BCUT2D eigenvalue weighted by molar-refractivity contribution is 5.80. The molecule has 6 nitrogen and oxygen atoms in total. The number of ether oxygens (including phenoxy) is 5. The lowest BCUT2D eigenvalue weighted by molar-refractivity contribution is -0.141. The summed E-state index contributed by atoms with van der Waals surface area (Å²) in [6.07, 6.45) is -2.07. The van der Waals surface area contributed by atoms with Gasteiger partial charge in [0.15, 0.2) is 0 Å². The largest absolute Gasteiger partial charge is 0.492 e. The summed E-state index contributed by atoms with van der Waals surface area (Å²) in [5.74, 6) is 1.49. The van der Waals surface area contributed by atoms with E-state index in [4.69, 9.17) is 23.7 Å². The fourth-order valence-electron chi connectivity index (χ4n) is 6.63. The Morgan fingerprint density at radius 1 is 0.907 bits per heavy atom. The molecule has 1 saturated heterocycles. The third-order valence-electron chi connectivity index (χ3n) is 8.67. The third kappa shape index (κ3) is 5.92. The Bertz CT molecular complexity index is 1500. The number of carbonyl (C=O) groups is 1. The van der Waals surface area contributed by atoms with Crippen molar-refractivity contribution in [3.05, 3.63) is 75.8 Å². The number of carbonyl (C=O) groups excluding carboxylic acids is 1. The minimum absolute atomic E-state index is 0.0337. The maximum absolute atomic E-state index is 14.4. The first kappa shape index (κ1) is 29.4. The number of aryl methyl sites for hydroxylation is 2. The van der Waals surface area contributed by atoms with Crippen LogP contribution in [-0.2, 0) is 26.9 Å². The fraction of sp³-hybridized carbons (Fsp3) is 0.441.